The van der Waals surface area contributed by atoms with Crippen molar-refractivity contribution >= 4 is 0 Å². The van der Waals surface area contributed by atoms with E-state index in [1.54, 1.807) is 4.68 Å². The van der Waals surface area contributed by atoms with Crippen LogP contribution in [0.5, 0.6) is 0 Å². The molecule has 114 valence electrons. The summed E-state index contributed by atoms with van der Waals surface area (Å²) in [6.45, 7) is 4.71. The molecule has 1 N–H and O–H groups in total. The average molecular weight is 293 g/mol. The van der Waals surface area contributed by atoms with Crippen LogP contribution in [0.2, 0.25) is 0 Å². The van der Waals surface area contributed by atoms with Crippen LogP contribution in [-0.4, -0.2) is 16.3 Å². The Morgan fingerprint density at radius 3 is 2.67 bits per heavy atom. The van der Waals surface area contributed by atoms with Crippen molar-refractivity contribution in [3.63, 3.8) is 0 Å². The molecule has 0 radical (unpaired) electrons. The summed E-state index contributed by atoms with van der Waals surface area (Å²) in [7, 11) is 1.86. The number of nitrogens with one attached hydrogen (secondary N) is 1. The van der Waals surface area contributed by atoms with Gasteiger partial charge in [0.1, 0.15) is 11.6 Å². The van der Waals surface area contributed by atoms with Gasteiger partial charge in [0, 0.05) is 30.8 Å². The van der Waals surface area contributed by atoms with Crippen LogP contribution in [0.25, 0.3) is 0 Å². The first kappa shape index (κ1) is 15.6. The lowest BCUT2D eigenvalue weighted by atomic mass is 10.0. The third-order valence-electron chi connectivity index (χ3n) is 3.49. The highest BCUT2D eigenvalue weighted by molar-refractivity contribution is 5.24. The van der Waals surface area contributed by atoms with Crippen molar-refractivity contribution in [3.8, 4) is 0 Å². The first-order valence-corrected chi connectivity index (χ1v) is 7.19. The standard InChI is InChI=1S/C16H21F2N3/c1-4-7-19-16(10-13-8-11(2)20-21(13)3)14-9-12(17)5-6-15(14)18/h5-6,8-9,16,19H,4,7,10H2,1-3H3. The lowest BCUT2D eigenvalue weighted by molar-refractivity contribution is 0.480. The van der Waals surface area contributed by atoms with Gasteiger partial charge in [-0.2, -0.15) is 5.10 Å². The predicted octanol–water partition coefficient (Wildman–Crippen LogP) is 3.29. The Balaban J connectivity index is 2.29. The molecule has 1 heterocycles. The van der Waals surface area contributed by atoms with Crippen LogP contribution in [0.1, 0.15) is 36.3 Å². The molecule has 5 heteroatoms. The van der Waals surface area contributed by atoms with Gasteiger partial charge < -0.3 is 5.32 Å². The molecule has 1 aromatic heterocycles. The van der Waals surface area contributed by atoms with Crippen molar-refractivity contribution in [2.75, 3.05) is 6.54 Å². The molecule has 3 nitrogen and oxygen atoms in total. The summed E-state index contributed by atoms with van der Waals surface area (Å²) in [4.78, 5) is 0. The van der Waals surface area contributed by atoms with Gasteiger partial charge in [-0.1, -0.05) is 6.92 Å². The SMILES string of the molecule is CCCNC(Cc1cc(C)nn1C)c1cc(F)ccc1F. The Labute approximate surface area is 124 Å². The summed E-state index contributed by atoms with van der Waals surface area (Å²) < 4.78 is 29.3. The molecule has 0 aliphatic heterocycles. The minimum absolute atomic E-state index is 0.268. The van der Waals surface area contributed by atoms with Gasteiger partial charge in [0.15, 0.2) is 0 Å². The van der Waals surface area contributed by atoms with E-state index in [4.69, 9.17) is 0 Å². The molecule has 1 unspecified atom stereocenters. The van der Waals surface area contributed by atoms with E-state index >= 15 is 0 Å². The molecule has 1 aromatic carbocycles. The minimum Gasteiger partial charge on any atom is -0.310 e. The van der Waals surface area contributed by atoms with E-state index in [0.717, 1.165) is 30.4 Å². The van der Waals surface area contributed by atoms with Gasteiger partial charge in [0.2, 0.25) is 0 Å². The first-order chi connectivity index (χ1) is 10.0. The topological polar surface area (TPSA) is 29.9 Å². The molecular formula is C16H21F2N3. The number of aromatic nitrogens is 2. The van der Waals surface area contributed by atoms with E-state index < -0.39 is 5.82 Å². The molecule has 21 heavy (non-hydrogen) atoms. The zero-order valence-corrected chi connectivity index (χ0v) is 12.7. The number of hydrogen-bond acceptors (Lipinski definition) is 2. The Bertz CT molecular complexity index is 608. The maximum absolute atomic E-state index is 14.0. The van der Waals surface area contributed by atoms with Gasteiger partial charge >= 0.3 is 0 Å². The second-order valence-electron chi connectivity index (χ2n) is 5.28. The van der Waals surface area contributed by atoms with Gasteiger partial charge in [-0.15, -0.1) is 0 Å². The number of hydrogen-bond donors (Lipinski definition) is 1. The van der Waals surface area contributed by atoms with Gasteiger partial charge in [0.05, 0.1) is 5.69 Å². The summed E-state index contributed by atoms with van der Waals surface area (Å²) in [5.74, 6) is -0.806. The lowest BCUT2D eigenvalue weighted by Crippen LogP contribution is -2.26. The number of rotatable bonds is 6. The fourth-order valence-corrected chi connectivity index (χ4v) is 2.46. The van der Waals surface area contributed by atoms with Gasteiger partial charge in [-0.05, 0) is 44.2 Å². The second kappa shape index (κ2) is 6.80. The van der Waals surface area contributed by atoms with E-state index in [2.05, 4.69) is 10.4 Å². The van der Waals surface area contributed by atoms with Crippen LogP contribution in [0.3, 0.4) is 0 Å². The van der Waals surface area contributed by atoms with E-state index in [0.29, 0.717) is 12.0 Å². The summed E-state index contributed by atoms with van der Waals surface area (Å²) in [5.41, 5.74) is 2.27. The quantitative estimate of drug-likeness (QED) is 0.885. The summed E-state index contributed by atoms with van der Waals surface area (Å²) in [5, 5.41) is 7.59. The van der Waals surface area contributed by atoms with Crippen LogP contribution in [0.4, 0.5) is 8.78 Å². The molecular weight excluding hydrogens is 272 g/mol. The zero-order valence-electron chi connectivity index (χ0n) is 12.7. The fourth-order valence-electron chi connectivity index (χ4n) is 2.46. The first-order valence-electron chi connectivity index (χ1n) is 7.19. The molecule has 0 spiro atoms. The molecule has 0 amide bonds. The van der Waals surface area contributed by atoms with Crippen molar-refractivity contribution in [2.24, 2.45) is 7.05 Å². The van der Waals surface area contributed by atoms with Crippen molar-refractivity contribution in [2.45, 2.75) is 32.7 Å². The molecule has 0 aliphatic rings. The highest BCUT2D eigenvalue weighted by atomic mass is 19.1. The molecule has 0 bridgehead atoms. The van der Waals surface area contributed by atoms with Crippen LogP contribution in [-0.2, 0) is 13.5 Å². The van der Waals surface area contributed by atoms with Crippen molar-refractivity contribution in [1.82, 2.24) is 15.1 Å². The minimum atomic E-state index is -0.420. The lowest BCUT2D eigenvalue weighted by Gasteiger charge is -2.20. The summed E-state index contributed by atoms with van der Waals surface area (Å²) >= 11 is 0. The van der Waals surface area contributed by atoms with Gasteiger partial charge in [0.25, 0.3) is 0 Å². The third kappa shape index (κ3) is 3.88. The normalized spacial score (nSPS) is 12.6. The number of aryl methyl sites for hydroxylation is 2. The maximum atomic E-state index is 14.0. The zero-order chi connectivity index (χ0) is 15.4. The smallest absolute Gasteiger partial charge is 0.128 e. The van der Waals surface area contributed by atoms with E-state index in [-0.39, 0.29) is 11.9 Å². The Hall–Kier alpha value is -1.75. The van der Waals surface area contributed by atoms with E-state index in [1.165, 1.54) is 12.1 Å². The Morgan fingerprint density at radius 1 is 1.29 bits per heavy atom. The Kier molecular flexibility index (Phi) is 5.07. The molecule has 0 fully saturated rings. The second-order valence-corrected chi connectivity index (χ2v) is 5.28. The van der Waals surface area contributed by atoms with E-state index in [1.807, 2.05) is 27.0 Å². The van der Waals surface area contributed by atoms with Crippen molar-refractivity contribution in [3.05, 3.63) is 52.9 Å². The number of halogens is 2. The third-order valence-corrected chi connectivity index (χ3v) is 3.49. The summed E-state index contributed by atoms with van der Waals surface area (Å²) in [6, 6.07) is 5.29. The van der Waals surface area contributed by atoms with Crippen LogP contribution in [0.15, 0.2) is 24.3 Å². The van der Waals surface area contributed by atoms with Crippen LogP contribution >= 0.6 is 0 Å². The summed E-state index contributed by atoms with van der Waals surface area (Å²) in [6.07, 6.45) is 1.50. The predicted molar refractivity (Wildman–Crippen MR) is 79.0 cm³/mol. The van der Waals surface area contributed by atoms with E-state index in [9.17, 15) is 8.78 Å². The molecule has 0 aliphatic carbocycles. The molecule has 1 atom stereocenters. The molecule has 0 saturated carbocycles. The fraction of sp³-hybridized carbons (Fsp3) is 0.438. The molecule has 2 rings (SSSR count). The van der Waals surface area contributed by atoms with Crippen LogP contribution < -0.4 is 5.32 Å². The molecule has 0 saturated heterocycles. The Morgan fingerprint density at radius 2 is 2.05 bits per heavy atom. The molecule has 2 aromatic rings. The highest BCUT2D eigenvalue weighted by Gasteiger charge is 2.18. The number of benzene rings is 1. The van der Waals surface area contributed by atoms with Gasteiger partial charge in [-0.3, -0.25) is 4.68 Å². The maximum Gasteiger partial charge on any atom is 0.128 e. The number of nitrogens with zero attached hydrogens (tertiary/aromatic N) is 2. The largest absolute Gasteiger partial charge is 0.310 e. The monoisotopic (exact) mass is 293 g/mol. The average Bonchev–Trinajstić information content (AvgIpc) is 2.75. The van der Waals surface area contributed by atoms with Crippen molar-refractivity contribution < 1.29 is 8.78 Å². The van der Waals surface area contributed by atoms with Crippen molar-refractivity contribution in [1.29, 1.82) is 0 Å². The van der Waals surface area contributed by atoms with Crippen LogP contribution in [0, 0.1) is 18.6 Å². The highest BCUT2D eigenvalue weighted by Crippen LogP contribution is 2.22. The van der Waals surface area contributed by atoms with Gasteiger partial charge in [-0.25, -0.2) is 8.78 Å².